The van der Waals surface area contributed by atoms with Crippen LogP contribution in [0.2, 0.25) is 0 Å². The van der Waals surface area contributed by atoms with Crippen molar-refractivity contribution in [2.24, 2.45) is 10.4 Å². The Morgan fingerprint density at radius 3 is 2.60 bits per heavy atom. The van der Waals surface area contributed by atoms with E-state index in [0.717, 1.165) is 22.0 Å². The molecule has 0 spiro atoms. The van der Waals surface area contributed by atoms with Gasteiger partial charge in [0.05, 0.1) is 6.61 Å². The maximum Gasteiger partial charge on any atom is 0.252 e. The molecule has 3 rings (SSSR count). The molecular formula is C28H35BrN2O4. The van der Waals surface area contributed by atoms with Crippen molar-refractivity contribution < 1.29 is 19.4 Å². The monoisotopic (exact) mass is 542 g/mol. The molecule has 0 saturated carbocycles. The van der Waals surface area contributed by atoms with Gasteiger partial charge in [-0.3, -0.25) is 4.79 Å². The Morgan fingerprint density at radius 1 is 1.26 bits per heavy atom. The number of halogens is 1. The first-order valence-corrected chi connectivity index (χ1v) is 12.7. The van der Waals surface area contributed by atoms with Crippen molar-refractivity contribution in [3.63, 3.8) is 0 Å². The highest BCUT2D eigenvalue weighted by Gasteiger charge is 2.52. The zero-order valence-electron chi connectivity index (χ0n) is 20.7. The number of hydrogen-bond acceptors (Lipinski definition) is 5. The second kappa shape index (κ2) is 11.9. The van der Waals surface area contributed by atoms with Gasteiger partial charge in [-0.15, -0.1) is 6.58 Å². The number of benzene rings is 2. The predicted octanol–water partition coefficient (Wildman–Crippen LogP) is 5.60. The smallest absolute Gasteiger partial charge is 0.252 e. The molecule has 2 atom stereocenters. The van der Waals surface area contributed by atoms with Gasteiger partial charge in [0, 0.05) is 41.6 Å². The van der Waals surface area contributed by atoms with Crippen molar-refractivity contribution in [2.75, 3.05) is 19.8 Å². The molecule has 0 radical (unpaired) electrons. The van der Waals surface area contributed by atoms with E-state index in [1.807, 2.05) is 48.5 Å². The fourth-order valence-corrected chi connectivity index (χ4v) is 4.40. The SMILES string of the molecule is C=CC[C@@]1(C(=O)NCCC(C)(C)C)N=C(c2ccc(OCCCO)cc2)O[C@@H]1c1ccccc1Br. The summed E-state index contributed by atoms with van der Waals surface area (Å²) in [6.45, 7) is 11.4. The number of carbonyl (C=O) groups is 1. The van der Waals surface area contributed by atoms with Crippen LogP contribution in [-0.4, -0.2) is 42.2 Å². The topological polar surface area (TPSA) is 80.2 Å². The quantitative estimate of drug-likeness (QED) is 0.286. The van der Waals surface area contributed by atoms with Crippen LogP contribution in [0, 0.1) is 5.41 Å². The van der Waals surface area contributed by atoms with E-state index in [2.05, 4.69) is 48.6 Å². The van der Waals surface area contributed by atoms with Crippen LogP contribution in [-0.2, 0) is 9.53 Å². The Morgan fingerprint density at radius 2 is 1.97 bits per heavy atom. The number of aliphatic hydroxyl groups is 1. The van der Waals surface area contributed by atoms with Gasteiger partial charge in [-0.05, 0) is 42.2 Å². The van der Waals surface area contributed by atoms with Crippen LogP contribution < -0.4 is 10.1 Å². The highest BCUT2D eigenvalue weighted by molar-refractivity contribution is 9.10. The summed E-state index contributed by atoms with van der Waals surface area (Å²) in [6.07, 6.45) is 2.84. The lowest BCUT2D eigenvalue weighted by Crippen LogP contribution is -2.48. The predicted molar refractivity (Wildman–Crippen MR) is 143 cm³/mol. The number of aliphatic hydroxyl groups excluding tert-OH is 1. The molecule has 0 bridgehead atoms. The van der Waals surface area contributed by atoms with Crippen molar-refractivity contribution in [1.29, 1.82) is 0 Å². The molecule has 6 nitrogen and oxygen atoms in total. The number of rotatable bonds is 11. The van der Waals surface area contributed by atoms with Crippen LogP contribution in [0.5, 0.6) is 5.75 Å². The standard InChI is InChI=1S/C28H35BrN2O4/c1-5-15-28(26(33)30-17-16-27(2,3)4)24(22-9-6-7-10-23(22)29)35-25(31-28)20-11-13-21(14-12-20)34-19-8-18-32/h5-7,9-14,24,32H,1,8,15-19H2,2-4H3,(H,30,33)/t24-,28-/m1/s1. The first kappa shape index (κ1) is 27.0. The number of nitrogens with one attached hydrogen (secondary N) is 1. The van der Waals surface area contributed by atoms with Crippen molar-refractivity contribution in [2.45, 2.75) is 51.7 Å². The van der Waals surface area contributed by atoms with E-state index >= 15 is 0 Å². The zero-order chi connectivity index (χ0) is 25.5. The van der Waals surface area contributed by atoms with Crippen molar-refractivity contribution in [3.05, 3.63) is 76.8 Å². The highest BCUT2D eigenvalue weighted by Crippen LogP contribution is 2.44. The Hall–Kier alpha value is -2.64. The normalized spacial score (nSPS) is 19.6. The summed E-state index contributed by atoms with van der Waals surface area (Å²) in [4.78, 5) is 18.6. The second-order valence-corrected chi connectivity index (χ2v) is 10.7. The van der Waals surface area contributed by atoms with Crippen LogP contribution in [0.4, 0.5) is 0 Å². The molecule has 35 heavy (non-hydrogen) atoms. The minimum atomic E-state index is -1.19. The van der Waals surface area contributed by atoms with Gasteiger partial charge in [-0.1, -0.05) is 61.0 Å². The molecule has 0 aliphatic carbocycles. The molecule has 188 valence electrons. The van der Waals surface area contributed by atoms with E-state index in [9.17, 15) is 4.79 Å². The molecule has 1 heterocycles. The van der Waals surface area contributed by atoms with Gasteiger partial charge in [-0.25, -0.2) is 4.99 Å². The van der Waals surface area contributed by atoms with Gasteiger partial charge < -0.3 is 19.9 Å². The molecular weight excluding hydrogens is 508 g/mol. The average molecular weight is 544 g/mol. The maximum absolute atomic E-state index is 13.7. The summed E-state index contributed by atoms with van der Waals surface area (Å²) in [6, 6.07) is 15.1. The van der Waals surface area contributed by atoms with Crippen molar-refractivity contribution in [3.8, 4) is 5.75 Å². The number of carbonyl (C=O) groups excluding carboxylic acids is 1. The van der Waals surface area contributed by atoms with Crippen molar-refractivity contribution >= 4 is 27.7 Å². The molecule has 1 aliphatic rings. The van der Waals surface area contributed by atoms with Crippen LogP contribution in [0.1, 0.15) is 57.3 Å². The minimum Gasteiger partial charge on any atom is -0.494 e. The Bertz CT molecular complexity index is 1050. The molecule has 2 N–H and O–H groups in total. The summed E-state index contributed by atoms with van der Waals surface area (Å²) < 4.78 is 12.9. The summed E-state index contributed by atoms with van der Waals surface area (Å²) in [5.74, 6) is 0.919. The van der Waals surface area contributed by atoms with E-state index in [1.54, 1.807) is 6.08 Å². The minimum absolute atomic E-state index is 0.0857. The Balaban J connectivity index is 1.96. The van der Waals surface area contributed by atoms with Gasteiger partial charge in [0.2, 0.25) is 5.90 Å². The van der Waals surface area contributed by atoms with Crippen LogP contribution in [0.25, 0.3) is 0 Å². The molecule has 0 unspecified atom stereocenters. The molecule has 2 aromatic carbocycles. The van der Waals surface area contributed by atoms with E-state index in [-0.39, 0.29) is 17.9 Å². The third kappa shape index (κ3) is 6.73. The maximum atomic E-state index is 13.7. The van der Waals surface area contributed by atoms with Gasteiger partial charge >= 0.3 is 0 Å². The van der Waals surface area contributed by atoms with E-state index in [0.29, 0.717) is 37.6 Å². The second-order valence-electron chi connectivity index (χ2n) is 9.87. The van der Waals surface area contributed by atoms with Gasteiger partial charge in [0.1, 0.15) is 5.75 Å². The van der Waals surface area contributed by atoms with Crippen LogP contribution in [0.3, 0.4) is 0 Å². The number of aliphatic imine (C=N–C) groups is 1. The zero-order valence-corrected chi connectivity index (χ0v) is 22.3. The van der Waals surface area contributed by atoms with Gasteiger partial charge in [-0.2, -0.15) is 0 Å². The molecule has 0 fully saturated rings. The van der Waals surface area contributed by atoms with E-state index < -0.39 is 11.6 Å². The fourth-order valence-electron chi connectivity index (χ4n) is 3.90. The van der Waals surface area contributed by atoms with Crippen LogP contribution >= 0.6 is 15.9 Å². The lowest BCUT2D eigenvalue weighted by molar-refractivity contribution is -0.128. The molecule has 7 heteroatoms. The third-order valence-electron chi connectivity index (χ3n) is 5.83. The lowest BCUT2D eigenvalue weighted by Gasteiger charge is -2.30. The van der Waals surface area contributed by atoms with Gasteiger partial charge in [0.15, 0.2) is 11.6 Å². The van der Waals surface area contributed by atoms with Crippen molar-refractivity contribution in [1.82, 2.24) is 5.32 Å². The largest absolute Gasteiger partial charge is 0.494 e. The summed E-state index contributed by atoms with van der Waals surface area (Å²) in [7, 11) is 0. The highest BCUT2D eigenvalue weighted by atomic mass is 79.9. The number of amides is 1. The summed E-state index contributed by atoms with van der Waals surface area (Å²) in [5, 5.41) is 12.1. The number of ether oxygens (including phenoxy) is 2. The average Bonchev–Trinajstić information content (AvgIpc) is 3.20. The Labute approximate surface area is 216 Å². The Kier molecular flexibility index (Phi) is 9.14. The summed E-state index contributed by atoms with van der Waals surface area (Å²) >= 11 is 3.63. The molecule has 1 amide bonds. The molecule has 0 aromatic heterocycles. The number of nitrogens with zero attached hydrogens (tertiary/aromatic N) is 1. The molecule has 1 aliphatic heterocycles. The van der Waals surface area contributed by atoms with E-state index in [4.69, 9.17) is 19.6 Å². The molecule has 0 saturated heterocycles. The first-order valence-electron chi connectivity index (χ1n) is 11.9. The van der Waals surface area contributed by atoms with Gasteiger partial charge in [0.25, 0.3) is 5.91 Å². The molecule has 2 aromatic rings. The third-order valence-corrected chi connectivity index (χ3v) is 6.56. The summed E-state index contributed by atoms with van der Waals surface area (Å²) in [5.41, 5.74) is 0.519. The van der Waals surface area contributed by atoms with Crippen LogP contribution in [0.15, 0.2) is 70.7 Å². The lowest BCUT2D eigenvalue weighted by atomic mass is 9.84. The number of hydrogen-bond donors (Lipinski definition) is 2. The first-order chi connectivity index (χ1) is 16.7. The fraction of sp³-hybridized carbons (Fsp3) is 0.429. The van der Waals surface area contributed by atoms with E-state index in [1.165, 1.54) is 0 Å².